The molecule has 6 heteroatoms. The van der Waals surface area contributed by atoms with Gasteiger partial charge in [-0.05, 0) is 44.2 Å². The molecule has 0 unspecified atom stereocenters. The predicted molar refractivity (Wildman–Crippen MR) is 120 cm³/mol. The van der Waals surface area contributed by atoms with Crippen molar-refractivity contribution in [2.24, 2.45) is 5.92 Å². The van der Waals surface area contributed by atoms with E-state index in [-0.39, 0.29) is 23.9 Å². The minimum Gasteiger partial charge on any atom is -0.383 e. The lowest BCUT2D eigenvalue weighted by Gasteiger charge is -2.47. The van der Waals surface area contributed by atoms with Crippen molar-refractivity contribution in [1.82, 2.24) is 20.4 Å². The van der Waals surface area contributed by atoms with Crippen molar-refractivity contribution < 1.29 is 9.59 Å². The number of fused-ring (bicyclic) bond motifs is 1. The maximum atomic E-state index is 12.7. The summed E-state index contributed by atoms with van der Waals surface area (Å²) < 4.78 is 0. The standard InChI is InChI=1S/C24H36N4O2/c1-5-11-28-16-21(26-24(30)25-17(2)18-9-7-6-8-10-18)12-19-14-23(29)20(13-22(19)28)15-27(3)4/h6-10,15,17,19,21-22H,5,11-14,16H2,1-4H3,(H2,25,26,30)/b20-15+/t17-,19+,21-,22+/m0/s1. The molecule has 164 valence electrons. The van der Waals surface area contributed by atoms with Gasteiger partial charge in [-0.2, -0.15) is 0 Å². The van der Waals surface area contributed by atoms with Crippen molar-refractivity contribution in [2.75, 3.05) is 27.2 Å². The van der Waals surface area contributed by atoms with Crippen LogP contribution in [-0.2, 0) is 4.79 Å². The van der Waals surface area contributed by atoms with Crippen LogP contribution >= 0.6 is 0 Å². The molecule has 0 bridgehead atoms. The minimum atomic E-state index is -0.137. The Labute approximate surface area is 180 Å². The van der Waals surface area contributed by atoms with Crippen molar-refractivity contribution in [3.8, 4) is 0 Å². The molecule has 1 saturated heterocycles. The van der Waals surface area contributed by atoms with E-state index in [4.69, 9.17) is 0 Å². The summed E-state index contributed by atoms with van der Waals surface area (Å²) in [5.74, 6) is 0.554. The van der Waals surface area contributed by atoms with Crippen LogP contribution in [0.25, 0.3) is 0 Å². The van der Waals surface area contributed by atoms with Crippen LogP contribution in [0.3, 0.4) is 0 Å². The molecular formula is C24H36N4O2. The maximum Gasteiger partial charge on any atom is 0.315 e. The molecule has 1 heterocycles. The van der Waals surface area contributed by atoms with E-state index in [1.54, 1.807) is 0 Å². The van der Waals surface area contributed by atoms with Gasteiger partial charge in [0.15, 0.2) is 5.78 Å². The summed E-state index contributed by atoms with van der Waals surface area (Å²) in [6.07, 6.45) is 5.29. The van der Waals surface area contributed by atoms with Gasteiger partial charge in [0.1, 0.15) is 0 Å². The molecule has 0 aromatic heterocycles. The number of urea groups is 1. The van der Waals surface area contributed by atoms with E-state index in [0.29, 0.717) is 18.4 Å². The van der Waals surface area contributed by atoms with Crippen LogP contribution in [0, 0.1) is 5.92 Å². The van der Waals surface area contributed by atoms with Crippen molar-refractivity contribution in [2.45, 2.75) is 57.7 Å². The van der Waals surface area contributed by atoms with Crippen molar-refractivity contribution >= 4 is 11.8 Å². The normalized spacial score (nSPS) is 26.7. The second kappa shape index (κ2) is 10.1. The molecule has 1 aromatic carbocycles. The number of nitrogens with one attached hydrogen (secondary N) is 2. The van der Waals surface area contributed by atoms with E-state index >= 15 is 0 Å². The number of benzene rings is 1. The van der Waals surface area contributed by atoms with Gasteiger partial charge in [0, 0.05) is 50.9 Å². The van der Waals surface area contributed by atoms with Gasteiger partial charge in [0.05, 0.1) is 6.04 Å². The zero-order valence-electron chi connectivity index (χ0n) is 18.7. The van der Waals surface area contributed by atoms with Crippen LogP contribution in [0.5, 0.6) is 0 Å². The average Bonchev–Trinajstić information content (AvgIpc) is 2.69. The van der Waals surface area contributed by atoms with Gasteiger partial charge in [-0.15, -0.1) is 0 Å². The Bertz CT molecular complexity index is 762. The lowest BCUT2D eigenvalue weighted by Crippen LogP contribution is -2.58. The van der Waals surface area contributed by atoms with Crippen LogP contribution < -0.4 is 10.6 Å². The van der Waals surface area contributed by atoms with Crippen LogP contribution in [0.2, 0.25) is 0 Å². The second-order valence-corrected chi connectivity index (χ2v) is 8.95. The SMILES string of the molecule is CCCN1C[C@@H](NC(=O)N[C@@H](C)c2ccccc2)C[C@@H]2CC(=O)/C(=C/N(C)C)C[C@H]21. The molecular weight excluding hydrogens is 376 g/mol. The monoisotopic (exact) mass is 412 g/mol. The second-order valence-electron chi connectivity index (χ2n) is 8.95. The van der Waals surface area contributed by atoms with Gasteiger partial charge in [0.2, 0.25) is 0 Å². The first-order chi connectivity index (χ1) is 14.4. The number of piperidine rings is 1. The third kappa shape index (κ3) is 5.63. The topological polar surface area (TPSA) is 64.7 Å². The predicted octanol–water partition coefficient (Wildman–Crippen LogP) is 3.32. The first-order valence-corrected chi connectivity index (χ1v) is 11.1. The van der Waals surface area contributed by atoms with Gasteiger partial charge >= 0.3 is 6.03 Å². The van der Waals surface area contributed by atoms with Crippen LogP contribution in [0.4, 0.5) is 4.79 Å². The molecule has 30 heavy (non-hydrogen) atoms. The first-order valence-electron chi connectivity index (χ1n) is 11.1. The fraction of sp³-hybridized carbons (Fsp3) is 0.583. The number of ketones is 1. The first kappa shape index (κ1) is 22.3. The largest absolute Gasteiger partial charge is 0.383 e. The molecule has 2 amide bonds. The van der Waals surface area contributed by atoms with E-state index in [2.05, 4.69) is 22.5 Å². The molecule has 0 radical (unpaired) electrons. The van der Waals surface area contributed by atoms with Gasteiger partial charge < -0.3 is 15.5 Å². The Morgan fingerprint density at radius 2 is 2.00 bits per heavy atom. The summed E-state index contributed by atoms with van der Waals surface area (Å²) in [7, 11) is 3.93. The van der Waals surface area contributed by atoms with Gasteiger partial charge in [-0.25, -0.2) is 4.79 Å². The number of rotatable bonds is 6. The fourth-order valence-electron chi connectivity index (χ4n) is 4.87. The molecule has 0 spiro atoms. The number of amides is 2. The van der Waals surface area contributed by atoms with Crippen LogP contribution in [-0.4, -0.2) is 60.9 Å². The van der Waals surface area contributed by atoms with Crippen molar-refractivity contribution in [1.29, 1.82) is 0 Å². The lowest BCUT2D eigenvalue weighted by atomic mass is 9.74. The van der Waals surface area contributed by atoms with Crippen LogP contribution in [0.1, 0.15) is 51.1 Å². The van der Waals surface area contributed by atoms with E-state index in [0.717, 1.165) is 43.5 Å². The number of carbonyl (C=O) groups is 2. The summed E-state index contributed by atoms with van der Waals surface area (Å²) in [4.78, 5) is 29.7. The molecule has 4 atom stereocenters. The Kier molecular flexibility index (Phi) is 7.53. The molecule has 1 aromatic rings. The Balaban J connectivity index is 1.63. The van der Waals surface area contributed by atoms with E-state index in [1.807, 2.05) is 62.5 Å². The lowest BCUT2D eigenvalue weighted by molar-refractivity contribution is -0.119. The maximum absolute atomic E-state index is 12.7. The molecule has 1 aliphatic carbocycles. The van der Waals surface area contributed by atoms with E-state index in [1.165, 1.54) is 0 Å². The Hall–Kier alpha value is -2.34. The molecule has 6 nitrogen and oxygen atoms in total. The van der Waals surface area contributed by atoms with Crippen molar-refractivity contribution in [3.63, 3.8) is 0 Å². The molecule has 2 aliphatic rings. The number of hydrogen-bond acceptors (Lipinski definition) is 4. The number of likely N-dealkylation sites (tertiary alicyclic amines) is 1. The number of carbonyl (C=O) groups excluding carboxylic acids is 2. The highest BCUT2D eigenvalue weighted by Crippen LogP contribution is 2.36. The third-order valence-corrected chi connectivity index (χ3v) is 6.20. The summed E-state index contributed by atoms with van der Waals surface area (Å²) in [5, 5.41) is 6.22. The summed E-state index contributed by atoms with van der Waals surface area (Å²) in [6, 6.07) is 10.2. The number of hydrogen-bond donors (Lipinski definition) is 2. The summed E-state index contributed by atoms with van der Waals surface area (Å²) in [5.41, 5.74) is 2.02. The quantitative estimate of drug-likeness (QED) is 0.704. The third-order valence-electron chi connectivity index (χ3n) is 6.20. The molecule has 1 saturated carbocycles. The molecule has 3 rings (SSSR count). The van der Waals surface area contributed by atoms with E-state index < -0.39 is 0 Å². The van der Waals surface area contributed by atoms with Gasteiger partial charge in [-0.3, -0.25) is 9.69 Å². The van der Waals surface area contributed by atoms with E-state index in [9.17, 15) is 9.59 Å². The molecule has 2 fully saturated rings. The molecule has 2 N–H and O–H groups in total. The summed E-state index contributed by atoms with van der Waals surface area (Å²) >= 11 is 0. The van der Waals surface area contributed by atoms with Crippen molar-refractivity contribution in [3.05, 3.63) is 47.7 Å². The highest BCUT2D eigenvalue weighted by Gasteiger charge is 2.41. The highest BCUT2D eigenvalue weighted by atomic mass is 16.2. The number of nitrogens with zero attached hydrogens (tertiary/aromatic N) is 2. The Morgan fingerprint density at radius 1 is 1.27 bits per heavy atom. The number of Topliss-reactive ketones (excluding diaryl/α,β-unsaturated/α-hetero) is 1. The van der Waals surface area contributed by atoms with Gasteiger partial charge in [-0.1, -0.05) is 37.3 Å². The zero-order valence-corrected chi connectivity index (χ0v) is 18.7. The fourth-order valence-corrected chi connectivity index (χ4v) is 4.87. The minimum absolute atomic E-state index is 0.0516. The van der Waals surface area contributed by atoms with Crippen LogP contribution in [0.15, 0.2) is 42.1 Å². The average molecular weight is 413 g/mol. The summed E-state index contributed by atoms with van der Waals surface area (Å²) in [6.45, 7) is 6.01. The Morgan fingerprint density at radius 3 is 2.67 bits per heavy atom. The molecule has 1 aliphatic heterocycles. The van der Waals surface area contributed by atoms with Gasteiger partial charge in [0.25, 0.3) is 0 Å². The zero-order chi connectivity index (χ0) is 21.7. The highest BCUT2D eigenvalue weighted by molar-refractivity contribution is 5.96. The smallest absolute Gasteiger partial charge is 0.315 e.